The van der Waals surface area contributed by atoms with E-state index in [0.717, 1.165) is 0 Å². The van der Waals surface area contributed by atoms with Gasteiger partial charge in [-0.05, 0) is 39.0 Å². The molecule has 0 radical (unpaired) electrons. The number of sulfonamides is 1. The highest BCUT2D eigenvalue weighted by atomic mass is 32.2. The number of carbonyl (C=O) groups is 1. The van der Waals surface area contributed by atoms with Crippen molar-refractivity contribution in [3.8, 4) is 0 Å². The number of ether oxygens (including phenoxy) is 1. The van der Waals surface area contributed by atoms with Crippen LogP contribution in [0.15, 0.2) is 33.7 Å². The number of carbonyl (C=O) groups excluding carboxylic acids is 1. The first kappa shape index (κ1) is 17.1. The van der Waals surface area contributed by atoms with Crippen LogP contribution in [-0.2, 0) is 21.4 Å². The van der Waals surface area contributed by atoms with E-state index < -0.39 is 16.0 Å². The monoisotopic (exact) mass is 339 g/mol. The van der Waals surface area contributed by atoms with E-state index in [1.807, 2.05) is 0 Å². The fourth-order valence-electron chi connectivity index (χ4n) is 1.78. The van der Waals surface area contributed by atoms with Gasteiger partial charge in [0.2, 0.25) is 10.0 Å². The number of aromatic nitrogens is 2. The van der Waals surface area contributed by atoms with Crippen LogP contribution in [0.1, 0.15) is 35.9 Å². The predicted octanol–water partition coefficient (Wildman–Crippen LogP) is 1.42. The van der Waals surface area contributed by atoms with Crippen molar-refractivity contribution < 1.29 is 22.5 Å². The molecule has 8 nitrogen and oxygen atoms in total. The van der Waals surface area contributed by atoms with E-state index in [1.54, 1.807) is 20.8 Å². The van der Waals surface area contributed by atoms with Gasteiger partial charge in [-0.15, -0.1) is 0 Å². The van der Waals surface area contributed by atoms with Crippen molar-refractivity contribution >= 4 is 16.0 Å². The largest absolute Gasteiger partial charge is 0.452 e. The van der Waals surface area contributed by atoms with Gasteiger partial charge in [-0.3, -0.25) is 0 Å². The zero-order valence-corrected chi connectivity index (χ0v) is 13.8. The van der Waals surface area contributed by atoms with Crippen LogP contribution in [0, 0.1) is 6.92 Å². The number of hydrogen-bond donors (Lipinski definition) is 1. The molecule has 0 fully saturated rings. The van der Waals surface area contributed by atoms with Gasteiger partial charge < -0.3 is 9.26 Å². The Balaban J connectivity index is 2.11. The highest BCUT2D eigenvalue weighted by molar-refractivity contribution is 7.89. The molecule has 1 aromatic heterocycles. The van der Waals surface area contributed by atoms with E-state index in [1.165, 1.54) is 24.3 Å². The lowest BCUT2D eigenvalue weighted by molar-refractivity contribution is 0.0429. The highest BCUT2D eigenvalue weighted by Crippen LogP contribution is 2.13. The molecule has 23 heavy (non-hydrogen) atoms. The highest BCUT2D eigenvalue weighted by Gasteiger charge is 2.18. The Morgan fingerprint density at radius 1 is 1.39 bits per heavy atom. The number of benzene rings is 1. The van der Waals surface area contributed by atoms with E-state index in [4.69, 9.17) is 9.26 Å². The Morgan fingerprint density at radius 3 is 2.74 bits per heavy atom. The van der Waals surface area contributed by atoms with Crippen LogP contribution in [0.2, 0.25) is 0 Å². The molecule has 124 valence electrons. The number of rotatable bonds is 6. The SMILES string of the molecule is Cc1noc(COC(=O)c2cccc(S(=O)(=O)NC(C)C)c2)n1. The number of aryl methyl sites for hydroxylation is 1. The minimum absolute atomic E-state index is 0.00529. The van der Waals surface area contributed by atoms with Gasteiger partial charge in [-0.25, -0.2) is 17.9 Å². The molecule has 9 heteroatoms. The third-order valence-electron chi connectivity index (χ3n) is 2.67. The first-order valence-electron chi connectivity index (χ1n) is 6.86. The summed E-state index contributed by atoms with van der Waals surface area (Å²) in [6.45, 7) is 4.88. The maximum absolute atomic E-state index is 12.1. The van der Waals surface area contributed by atoms with Crippen LogP contribution in [0.25, 0.3) is 0 Å². The van der Waals surface area contributed by atoms with Gasteiger partial charge in [0.25, 0.3) is 5.89 Å². The van der Waals surface area contributed by atoms with E-state index in [2.05, 4.69) is 14.9 Å². The lowest BCUT2D eigenvalue weighted by atomic mass is 10.2. The molecule has 0 bridgehead atoms. The number of hydrogen-bond acceptors (Lipinski definition) is 7. The number of nitrogens with one attached hydrogen (secondary N) is 1. The van der Waals surface area contributed by atoms with Crippen molar-refractivity contribution in [2.75, 3.05) is 0 Å². The normalized spacial score (nSPS) is 11.7. The van der Waals surface area contributed by atoms with E-state index in [-0.39, 0.29) is 29.0 Å². The molecular formula is C14H17N3O5S. The summed E-state index contributed by atoms with van der Waals surface area (Å²) in [6, 6.07) is 5.35. The summed E-state index contributed by atoms with van der Waals surface area (Å²) in [4.78, 5) is 15.9. The molecule has 0 saturated carbocycles. The average Bonchev–Trinajstić information content (AvgIpc) is 2.89. The molecule has 0 atom stereocenters. The second kappa shape index (κ2) is 6.88. The lowest BCUT2D eigenvalue weighted by Gasteiger charge is -2.10. The van der Waals surface area contributed by atoms with Crippen LogP contribution in [0.3, 0.4) is 0 Å². The van der Waals surface area contributed by atoms with Gasteiger partial charge in [-0.1, -0.05) is 11.2 Å². The molecule has 0 aliphatic heterocycles. The fourth-order valence-corrected chi connectivity index (χ4v) is 3.07. The lowest BCUT2D eigenvalue weighted by Crippen LogP contribution is -2.30. The Hall–Kier alpha value is -2.26. The molecule has 0 saturated heterocycles. The topological polar surface area (TPSA) is 111 Å². The Kier molecular flexibility index (Phi) is 5.12. The molecule has 0 spiro atoms. The standard InChI is InChI=1S/C14H17N3O5S/c1-9(2)17-23(19,20)12-6-4-5-11(7-12)14(18)21-8-13-15-10(3)16-22-13/h4-7,9,17H,8H2,1-3H3. The van der Waals surface area contributed by atoms with Crippen molar-refractivity contribution in [2.45, 2.75) is 38.3 Å². The van der Waals surface area contributed by atoms with Crippen LogP contribution >= 0.6 is 0 Å². The molecule has 1 N–H and O–H groups in total. The molecular weight excluding hydrogens is 322 g/mol. The van der Waals surface area contributed by atoms with Gasteiger partial charge in [0.15, 0.2) is 12.4 Å². The smallest absolute Gasteiger partial charge is 0.338 e. The number of nitrogens with zero attached hydrogens (tertiary/aromatic N) is 2. The van der Waals surface area contributed by atoms with Crippen LogP contribution < -0.4 is 4.72 Å². The van der Waals surface area contributed by atoms with Crippen LogP contribution in [-0.4, -0.2) is 30.6 Å². The van der Waals surface area contributed by atoms with Crippen molar-refractivity contribution in [2.24, 2.45) is 0 Å². The van der Waals surface area contributed by atoms with Crippen molar-refractivity contribution in [3.05, 3.63) is 41.5 Å². The fraction of sp³-hybridized carbons (Fsp3) is 0.357. The maximum atomic E-state index is 12.1. The van der Waals surface area contributed by atoms with E-state index in [0.29, 0.717) is 5.82 Å². The molecule has 0 unspecified atom stereocenters. The van der Waals surface area contributed by atoms with Crippen LogP contribution in [0.5, 0.6) is 0 Å². The molecule has 0 amide bonds. The summed E-state index contributed by atoms with van der Waals surface area (Å²) in [5.41, 5.74) is 0.118. The summed E-state index contributed by atoms with van der Waals surface area (Å²) in [6.07, 6.45) is 0. The summed E-state index contributed by atoms with van der Waals surface area (Å²) in [7, 11) is -3.68. The average molecular weight is 339 g/mol. The minimum atomic E-state index is -3.68. The predicted molar refractivity (Wildman–Crippen MR) is 80.1 cm³/mol. The van der Waals surface area contributed by atoms with Crippen LogP contribution in [0.4, 0.5) is 0 Å². The van der Waals surface area contributed by atoms with Gasteiger partial charge in [0, 0.05) is 6.04 Å². The molecule has 0 aliphatic rings. The first-order valence-corrected chi connectivity index (χ1v) is 8.35. The van der Waals surface area contributed by atoms with Gasteiger partial charge in [0.1, 0.15) is 0 Å². The number of esters is 1. The Labute approximate surface area is 133 Å². The molecule has 1 aromatic carbocycles. The molecule has 2 aromatic rings. The molecule has 1 heterocycles. The molecule has 0 aliphatic carbocycles. The first-order chi connectivity index (χ1) is 10.8. The second-order valence-corrected chi connectivity index (χ2v) is 6.83. The zero-order valence-electron chi connectivity index (χ0n) is 12.9. The van der Waals surface area contributed by atoms with Gasteiger partial charge >= 0.3 is 5.97 Å². The summed E-state index contributed by atoms with van der Waals surface area (Å²) in [5.74, 6) is -0.0764. The van der Waals surface area contributed by atoms with Crippen molar-refractivity contribution in [1.82, 2.24) is 14.9 Å². The summed E-state index contributed by atoms with van der Waals surface area (Å²) in [5, 5.41) is 3.58. The van der Waals surface area contributed by atoms with E-state index >= 15 is 0 Å². The quantitative estimate of drug-likeness (QED) is 0.792. The Bertz CT molecular complexity index is 798. The zero-order chi connectivity index (χ0) is 17.0. The summed E-state index contributed by atoms with van der Waals surface area (Å²) < 4.78 is 36.5. The second-order valence-electron chi connectivity index (χ2n) is 5.12. The van der Waals surface area contributed by atoms with Gasteiger partial charge in [-0.2, -0.15) is 4.98 Å². The molecule has 2 rings (SSSR count). The van der Waals surface area contributed by atoms with Crippen molar-refractivity contribution in [1.29, 1.82) is 0 Å². The third-order valence-corrected chi connectivity index (χ3v) is 4.32. The maximum Gasteiger partial charge on any atom is 0.338 e. The van der Waals surface area contributed by atoms with E-state index in [9.17, 15) is 13.2 Å². The summed E-state index contributed by atoms with van der Waals surface area (Å²) >= 11 is 0. The van der Waals surface area contributed by atoms with Crippen molar-refractivity contribution in [3.63, 3.8) is 0 Å². The Morgan fingerprint density at radius 2 is 2.13 bits per heavy atom. The third kappa shape index (κ3) is 4.60. The minimum Gasteiger partial charge on any atom is -0.452 e. The van der Waals surface area contributed by atoms with Gasteiger partial charge in [0.05, 0.1) is 10.5 Å².